The highest BCUT2D eigenvalue weighted by molar-refractivity contribution is 5.72. The minimum atomic E-state index is -0.201. The normalized spacial score (nSPS) is 22.8. The molecule has 1 aliphatic heterocycles. The summed E-state index contributed by atoms with van der Waals surface area (Å²) < 4.78 is 16.0. The van der Waals surface area contributed by atoms with Crippen LogP contribution in [0.15, 0.2) is 24.3 Å². The summed E-state index contributed by atoms with van der Waals surface area (Å²) in [5.74, 6) is 0.583. The lowest BCUT2D eigenvalue weighted by Gasteiger charge is -2.26. The largest absolute Gasteiger partial charge is 0.497 e. The standard InChI is InChI=1S/C15H20O4/c1-11-3-6-14(10-18-11)19-15(16)9-12-4-7-13(17-2)8-5-12/h4-5,7-8,11,14H,3,6,9-10H2,1-2H3. The number of ether oxygens (including phenoxy) is 3. The summed E-state index contributed by atoms with van der Waals surface area (Å²) in [4.78, 5) is 11.8. The lowest BCUT2D eigenvalue weighted by molar-refractivity contribution is -0.157. The Hall–Kier alpha value is -1.55. The second-order valence-electron chi connectivity index (χ2n) is 4.86. The molecular formula is C15H20O4. The summed E-state index contributed by atoms with van der Waals surface area (Å²) in [6.07, 6.45) is 2.30. The molecule has 1 saturated heterocycles. The molecule has 0 bridgehead atoms. The fourth-order valence-corrected chi connectivity index (χ4v) is 2.09. The van der Waals surface area contributed by atoms with Gasteiger partial charge in [-0.1, -0.05) is 12.1 Å². The van der Waals surface area contributed by atoms with Gasteiger partial charge in [0.05, 0.1) is 26.2 Å². The van der Waals surface area contributed by atoms with E-state index in [-0.39, 0.29) is 24.6 Å². The summed E-state index contributed by atoms with van der Waals surface area (Å²) in [5.41, 5.74) is 0.927. The Kier molecular flexibility index (Phi) is 4.80. The molecule has 0 aliphatic carbocycles. The van der Waals surface area contributed by atoms with Gasteiger partial charge in [0, 0.05) is 0 Å². The molecule has 1 heterocycles. The highest BCUT2D eigenvalue weighted by atomic mass is 16.6. The number of methoxy groups -OCH3 is 1. The molecule has 0 N–H and O–H groups in total. The first-order chi connectivity index (χ1) is 9.17. The molecule has 0 aromatic heterocycles. The van der Waals surface area contributed by atoms with Crippen molar-refractivity contribution in [2.75, 3.05) is 13.7 Å². The van der Waals surface area contributed by atoms with Gasteiger partial charge in [-0.25, -0.2) is 0 Å². The fourth-order valence-electron chi connectivity index (χ4n) is 2.09. The lowest BCUT2D eigenvalue weighted by atomic mass is 10.1. The van der Waals surface area contributed by atoms with Gasteiger partial charge in [0.15, 0.2) is 0 Å². The average molecular weight is 264 g/mol. The molecule has 19 heavy (non-hydrogen) atoms. The summed E-state index contributed by atoms with van der Waals surface area (Å²) in [6.45, 7) is 2.55. The van der Waals surface area contributed by atoms with Crippen LogP contribution in [0.4, 0.5) is 0 Å². The fraction of sp³-hybridized carbons (Fsp3) is 0.533. The van der Waals surface area contributed by atoms with Crippen molar-refractivity contribution in [3.8, 4) is 5.75 Å². The van der Waals surface area contributed by atoms with Crippen molar-refractivity contribution in [3.63, 3.8) is 0 Å². The third kappa shape index (κ3) is 4.24. The van der Waals surface area contributed by atoms with Crippen molar-refractivity contribution in [1.82, 2.24) is 0 Å². The van der Waals surface area contributed by atoms with Crippen LogP contribution in [0.3, 0.4) is 0 Å². The Morgan fingerprint density at radius 2 is 2.05 bits per heavy atom. The van der Waals surface area contributed by atoms with Crippen LogP contribution in [-0.2, 0) is 20.7 Å². The van der Waals surface area contributed by atoms with Crippen molar-refractivity contribution >= 4 is 5.97 Å². The van der Waals surface area contributed by atoms with Gasteiger partial charge in [-0.15, -0.1) is 0 Å². The van der Waals surface area contributed by atoms with E-state index in [2.05, 4.69) is 0 Å². The molecule has 4 heteroatoms. The zero-order valence-electron chi connectivity index (χ0n) is 11.4. The second-order valence-corrected chi connectivity index (χ2v) is 4.86. The number of esters is 1. The molecule has 0 radical (unpaired) electrons. The second kappa shape index (κ2) is 6.57. The third-order valence-corrected chi connectivity index (χ3v) is 3.27. The minimum absolute atomic E-state index is 0.0954. The van der Waals surface area contributed by atoms with Crippen molar-refractivity contribution in [2.45, 2.75) is 38.4 Å². The molecule has 0 spiro atoms. The zero-order chi connectivity index (χ0) is 13.7. The Bertz CT molecular complexity index is 405. The molecule has 1 aliphatic rings. The molecule has 1 fully saturated rings. The molecule has 1 aromatic rings. The van der Waals surface area contributed by atoms with Gasteiger partial charge in [-0.05, 0) is 37.5 Å². The van der Waals surface area contributed by atoms with E-state index >= 15 is 0 Å². The van der Waals surface area contributed by atoms with Crippen LogP contribution in [0.25, 0.3) is 0 Å². The first-order valence-electron chi connectivity index (χ1n) is 6.61. The van der Waals surface area contributed by atoms with Gasteiger partial charge in [-0.3, -0.25) is 4.79 Å². The van der Waals surface area contributed by atoms with E-state index in [9.17, 15) is 4.79 Å². The Morgan fingerprint density at radius 3 is 2.63 bits per heavy atom. The SMILES string of the molecule is COc1ccc(CC(=O)OC2CCC(C)OC2)cc1. The highest BCUT2D eigenvalue weighted by Crippen LogP contribution is 2.17. The number of rotatable bonds is 4. The van der Waals surface area contributed by atoms with Crippen LogP contribution in [0, 0.1) is 0 Å². The van der Waals surface area contributed by atoms with E-state index in [0.717, 1.165) is 24.2 Å². The molecule has 4 nitrogen and oxygen atoms in total. The first-order valence-corrected chi connectivity index (χ1v) is 6.61. The van der Waals surface area contributed by atoms with Crippen LogP contribution in [-0.4, -0.2) is 31.9 Å². The summed E-state index contributed by atoms with van der Waals surface area (Å²) in [6, 6.07) is 7.43. The van der Waals surface area contributed by atoms with E-state index in [1.54, 1.807) is 7.11 Å². The molecule has 1 aromatic carbocycles. The number of benzene rings is 1. The molecule has 2 rings (SSSR count). The monoisotopic (exact) mass is 264 g/mol. The summed E-state index contributed by atoms with van der Waals surface area (Å²) >= 11 is 0. The van der Waals surface area contributed by atoms with Crippen molar-refractivity contribution < 1.29 is 19.0 Å². The molecule has 2 unspecified atom stereocenters. The number of carbonyl (C=O) groups excluding carboxylic acids is 1. The maximum atomic E-state index is 11.8. The Balaban J connectivity index is 1.80. The Morgan fingerprint density at radius 1 is 1.32 bits per heavy atom. The molecule has 2 atom stereocenters. The van der Waals surface area contributed by atoms with Crippen molar-refractivity contribution in [3.05, 3.63) is 29.8 Å². The van der Waals surface area contributed by atoms with Crippen LogP contribution in [0.5, 0.6) is 5.75 Å². The van der Waals surface area contributed by atoms with E-state index in [1.165, 1.54) is 0 Å². The van der Waals surface area contributed by atoms with E-state index in [0.29, 0.717) is 6.61 Å². The molecular weight excluding hydrogens is 244 g/mol. The molecule has 104 valence electrons. The van der Waals surface area contributed by atoms with Gasteiger partial charge in [-0.2, -0.15) is 0 Å². The van der Waals surface area contributed by atoms with Crippen molar-refractivity contribution in [2.24, 2.45) is 0 Å². The predicted molar refractivity (Wildman–Crippen MR) is 71.2 cm³/mol. The smallest absolute Gasteiger partial charge is 0.310 e. The van der Waals surface area contributed by atoms with Gasteiger partial charge in [0.25, 0.3) is 0 Å². The first kappa shape index (κ1) is 13.9. The van der Waals surface area contributed by atoms with Crippen LogP contribution in [0.1, 0.15) is 25.3 Å². The quantitative estimate of drug-likeness (QED) is 0.783. The van der Waals surface area contributed by atoms with Crippen molar-refractivity contribution in [1.29, 1.82) is 0 Å². The predicted octanol–water partition coefficient (Wildman–Crippen LogP) is 2.35. The number of hydrogen-bond acceptors (Lipinski definition) is 4. The maximum Gasteiger partial charge on any atom is 0.310 e. The lowest BCUT2D eigenvalue weighted by Crippen LogP contribution is -2.32. The van der Waals surface area contributed by atoms with Crippen LogP contribution in [0.2, 0.25) is 0 Å². The van der Waals surface area contributed by atoms with Gasteiger partial charge >= 0.3 is 5.97 Å². The highest BCUT2D eigenvalue weighted by Gasteiger charge is 2.21. The molecule has 0 amide bonds. The number of hydrogen-bond donors (Lipinski definition) is 0. The van der Waals surface area contributed by atoms with Gasteiger partial charge in [0.1, 0.15) is 11.9 Å². The minimum Gasteiger partial charge on any atom is -0.497 e. The van der Waals surface area contributed by atoms with E-state index in [1.807, 2.05) is 31.2 Å². The summed E-state index contributed by atoms with van der Waals surface area (Å²) in [7, 11) is 1.62. The zero-order valence-corrected chi connectivity index (χ0v) is 11.4. The van der Waals surface area contributed by atoms with Crippen LogP contribution < -0.4 is 4.74 Å². The summed E-state index contributed by atoms with van der Waals surface area (Å²) in [5, 5.41) is 0. The average Bonchev–Trinajstić information content (AvgIpc) is 2.42. The number of carbonyl (C=O) groups is 1. The van der Waals surface area contributed by atoms with E-state index < -0.39 is 0 Å². The third-order valence-electron chi connectivity index (χ3n) is 3.27. The van der Waals surface area contributed by atoms with E-state index in [4.69, 9.17) is 14.2 Å². The Labute approximate surface area is 113 Å². The van der Waals surface area contributed by atoms with Gasteiger partial charge < -0.3 is 14.2 Å². The van der Waals surface area contributed by atoms with Crippen LogP contribution >= 0.6 is 0 Å². The van der Waals surface area contributed by atoms with Gasteiger partial charge in [0.2, 0.25) is 0 Å². The topological polar surface area (TPSA) is 44.8 Å². The molecule has 0 saturated carbocycles. The maximum absolute atomic E-state index is 11.8.